The Balaban J connectivity index is 2.65. The summed E-state index contributed by atoms with van der Waals surface area (Å²) in [5.41, 5.74) is 2.35. The second-order valence-electron chi connectivity index (χ2n) is 3.76. The molecule has 0 fully saturated rings. The molecule has 0 aromatic heterocycles. The van der Waals surface area contributed by atoms with Crippen molar-refractivity contribution in [3.8, 4) is 11.8 Å². The number of halogens is 1. The van der Waals surface area contributed by atoms with Gasteiger partial charge in [-0.25, -0.2) is 5.84 Å². The van der Waals surface area contributed by atoms with Crippen LogP contribution < -0.4 is 16.0 Å². The van der Waals surface area contributed by atoms with Gasteiger partial charge in [-0.3, -0.25) is 10.2 Å². The molecule has 0 bridgehead atoms. The van der Waals surface area contributed by atoms with Gasteiger partial charge in [0, 0.05) is 6.42 Å². The number of nitriles is 1. The van der Waals surface area contributed by atoms with E-state index in [0.717, 1.165) is 0 Å². The van der Waals surface area contributed by atoms with Crippen LogP contribution in [0.4, 0.5) is 0 Å². The first-order valence-electron chi connectivity index (χ1n) is 5.43. The van der Waals surface area contributed by atoms with E-state index in [-0.39, 0.29) is 18.4 Å². The summed E-state index contributed by atoms with van der Waals surface area (Å²) in [5.74, 6) is 5.14. The number of hydrogen-bond donors (Lipinski definition) is 2. The van der Waals surface area contributed by atoms with E-state index in [4.69, 9.17) is 27.4 Å². The molecule has 0 heterocycles. The summed E-state index contributed by atoms with van der Waals surface area (Å²) < 4.78 is 5.58. The number of hydrazine groups is 1. The first kappa shape index (κ1) is 14.3. The molecule has 0 saturated heterocycles. The van der Waals surface area contributed by atoms with Gasteiger partial charge in [-0.05, 0) is 25.5 Å². The number of nitrogens with two attached hydrogens (primary N) is 1. The Labute approximate surface area is 110 Å². The first-order chi connectivity index (χ1) is 8.58. The second kappa shape index (κ2) is 6.84. The summed E-state index contributed by atoms with van der Waals surface area (Å²) in [6, 6.07) is 6.99. The van der Waals surface area contributed by atoms with Crippen LogP contribution in [0.1, 0.15) is 25.3 Å². The van der Waals surface area contributed by atoms with Gasteiger partial charge in [0.25, 0.3) is 0 Å². The molecule has 0 aliphatic rings. The van der Waals surface area contributed by atoms with E-state index in [1.807, 2.05) is 18.4 Å². The molecule has 0 aliphatic heterocycles. The summed E-state index contributed by atoms with van der Waals surface area (Å²) in [6.45, 7) is 1.81. The largest absolute Gasteiger partial charge is 0.489 e. The Hall–Kier alpha value is -1.77. The molecule has 5 nitrogen and oxygen atoms in total. The molecule has 0 saturated carbocycles. The van der Waals surface area contributed by atoms with Crippen molar-refractivity contribution in [3.63, 3.8) is 0 Å². The zero-order valence-electron chi connectivity index (χ0n) is 9.94. The zero-order chi connectivity index (χ0) is 13.5. The van der Waals surface area contributed by atoms with E-state index < -0.39 is 0 Å². The number of carbonyl (C=O) groups is 1. The highest BCUT2D eigenvalue weighted by molar-refractivity contribution is 6.31. The monoisotopic (exact) mass is 267 g/mol. The number of nitrogens with zero attached hydrogens (tertiary/aromatic N) is 1. The molecule has 1 unspecified atom stereocenters. The first-order valence-corrected chi connectivity index (χ1v) is 5.81. The lowest BCUT2D eigenvalue weighted by atomic mass is 10.2. The number of ether oxygens (including phenoxy) is 1. The third-order valence-corrected chi connectivity index (χ3v) is 2.67. The van der Waals surface area contributed by atoms with Gasteiger partial charge in [0.1, 0.15) is 17.4 Å². The lowest BCUT2D eigenvalue weighted by molar-refractivity contribution is -0.121. The fraction of sp³-hybridized carbons (Fsp3) is 0.333. The summed E-state index contributed by atoms with van der Waals surface area (Å²) in [6.07, 6.45) is 0.549. The van der Waals surface area contributed by atoms with E-state index in [0.29, 0.717) is 22.8 Å². The number of amides is 1. The fourth-order valence-corrected chi connectivity index (χ4v) is 1.60. The van der Waals surface area contributed by atoms with E-state index in [9.17, 15) is 4.79 Å². The predicted molar refractivity (Wildman–Crippen MR) is 67.8 cm³/mol. The van der Waals surface area contributed by atoms with Crippen molar-refractivity contribution in [2.75, 3.05) is 0 Å². The maximum absolute atomic E-state index is 11.0. The van der Waals surface area contributed by atoms with E-state index in [2.05, 4.69) is 0 Å². The standard InChI is InChI=1S/C12H14ClN3O2/c1-8(5-6-12(17)16-15)18-11-4-2-3-10(13)9(11)7-14/h2-4,8H,5-6,15H2,1H3,(H,16,17). The molecule has 1 rings (SSSR count). The Morgan fingerprint density at radius 1 is 1.67 bits per heavy atom. The van der Waals surface area contributed by atoms with Crippen LogP contribution in [-0.4, -0.2) is 12.0 Å². The number of nitrogens with one attached hydrogen (secondary N) is 1. The van der Waals surface area contributed by atoms with Crippen LogP contribution in [0, 0.1) is 11.3 Å². The van der Waals surface area contributed by atoms with Gasteiger partial charge in [-0.1, -0.05) is 17.7 Å². The third kappa shape index (κ3) is 3.91. The highest BCUT2D eigenvalue weighted by Gasteiger charge is 2.12. The number of benzene rings is 1. The number of hydrogen-bond acceptors (Lipinski definition) is 4. The molecule has 1 aromatic carbocycles. The maximum atomic E-state index is 11.0. The fourth-order valence-electron chi connectivity index (χ4n) is 1.39. The topological polar surface area (TPSA) is 88.1 Å². The van der Waals surface area contributed by atoms with Crippen molar-refractivity contribution < 1.29 is 9.53 Å². The summed E-state index contributed by atoms with van der Waals surface area (Å²) in [5, 5.41) is 9.32. The zero-order valence-corrected chi connectivity index (χ0v) is 10.7. The molecule has 0 aliphatic carbocycles. The van der Waals surface area contributed by atoms with E-state index in [1.165, 1.54) is 0 Å². The molecule has 3 N–H and O–H groups in total. The minimum atomic E-state index is -0.253. The van der Waals surface area contributed by atoms with Crippen LogP contribution in [0.15, 0.2) is 18.2 Å². The van der Waals surface area contributed by atoms with Gasteiger partial charge in [0.2, 0.25) is 5.91 Å². The molecule has 0 spiro atoms. The smallest absolute Gasteiger partial charge is 0.234 e. The lowest BCUT2D eigenvalue weighted by Crippen LogP contribution is -2.30. The van der Waals surface area contributed by atoms with Crippen LogP contribution in [0.25, 0.3) is 0 Å². The van der Waals surface area contributed by atoms with Crippen LogP contribution in [0.5, 0.6) is 5.75 Å². The highest BCUT2D eigenvalue weighted by Crippen LogP contribution is 2.26. The van der Waals surface area contributed by atoms with Gasteiger partial charge in [0.15, 0.2) is 0 Å². The van der Waals surface area contributed by atoms with Crippen LogP contribution in [0.2, 0.25) is 5.02 Å². The van der Waals surface area contributed by atoms with Crippen molar-refractivity contribution in [2.45, 2.75) is 25.9 Å². The van der Waals surface area contributed by atoms with Gasteiger partial charge in [-0.15, -0.1) is 0 Å². The second-order valence-corrected chi connectivity index (χ2v) is 4.17. The van der Waals surface area contributed by atoms with Gasteiger partial charge in [-0.2, -0.15) is 5.26 Å². The SMILES string of the molecule is CC(CCC(=O)NN)Oc1cccc(Cl)c1C#N. The Bertz CT molecular complexity index is 471. The van der Waals surface area contributed by atoms with Gasteiger partial charge in [0.05, 0.1) is 11.1 Å². The Morgan fingerprint density at radius 2 is 2.39 bits per heavy atom. The molecule has 96 valence electrons. The van der Waals surface area contributed by atoms with Crippen LogP contribution in [-0.2, 0) is 4.79 Å². The van der Waals surface area contributed by atoms with Crippen molar-refractivity contribution >= 4 is 17.5 Å². The minimum absolute atomic E-state index is 0.215. The average molecular weight is 268 g/mol. The Morgan fingerprint density at radius 3 is 3.00 bits per heavy atom. The van der Waals surface area contributed by atoms with Crippen LogP contribution in [0.3, 0.4) is 0 Å². The molecule has 1 atom stereocenters. The van der Waals surface area contributed by atoms with Crippen LogP contribution >= 0.6 is 11.6 Å². The number of carbonyl (C=O) groups excluding carboxylic acids is 1. The summed E-state index contributed by atoms with van der Waals surface area (Å²) in [4.78, 5) is 11.0. The average Bonchev–Trinajstić information content (AvgIpc) is 2.36. The Kier molecular flexibility index (Phi) is 5.43. The van der Waals surface area contributed by atoms with Crippen molar-refractivity contribution in [1.82, 2.24) is 5.43 Å². The van der Waals surface area contributed by atoms with E-state index in [1.54, 1.807) is 18.2 Å². The molecule has 6 heteroatoms. The quantitative estimate of drug-likeness (QED) is 0.483. The molecule has 1 aromatic rings. The van der Waals surface area contributed by atoms with Crippen molar-refractivity contribution in [2.24, 2.45) is 5.84 Å². The molecular weight excluding hydrogens is 254 g/mol. The lowest BCUT2D eigenvalue weighted by Gasteiger charge is -2.15. The molecular formula is C12H14ClN3O2. The van der Waals surface area contributed by atoms with Crippen molar-refractivity contribution in [1.29, 1.82) is 5.26 Å². The van der Waals surface area contributed by atoms with Gasteiger partial charge >= 0.3 is 0 Å². The highest BCUT2D eigenvalue weighted by atomic mass is 35.5. The summed E-state index contributed by atoms with van der Waals surface area (Å²) >= 11 is 5.88. The van der Waals surface area contributed by atoms with Crippen molar-refractivity contribution in [3.05, 3.63) is 28.8 Å². The molecule has 0 radical (unpaired) electrons. The minimum Gasteiger partial charge on any atom is -0.489 e. The van der Waals surface area contributed by atoms with Gasteiger partial charge < -0.3 is 4.74 Å². The maximum Gasteiger partial charge on any atom is 0.234 e. The van der Waals surface area contributed by atoms with E-state index >= 15 is 0 Å². The number of rotatable bonds is 5. The normalized spacial score (nSPS) is 11.4. The predicted octanol–water partition coefficient (Wildman–Crippen LogP) is 1.75. The molecule has 1 amide bonds. The molecule has 18 heavy (non-hydrogen) atoms. The summed E-state index contributed by atoms with van der Waals surface area (Å²) in [7, 11) is 0. The third-order valence-electron chi connectivity index (χ3n) is 2.35.